The predicted octanol–water partition coefficient (Wildman–Crippen LogP) is 3.95. The van der Waals surface area contributed by atoms with E-state index in [9.17, 15) is 13.6 Å². The van der Waals surface area contributed by atoms with Gasteiger partial charge in [-0.25, -0.2) is 8.78 Å². The Balaban J connectivity index is 2.26. The molecule has 2 aromatic rings. The summed E-state index contributed by atoms with van der Waals surface area (Å²) in [5.41, 5.74) is 1.63. The molecule has 3 heteroatoms. The summed E-state index contributed by atoms with van der Waals surface area (Å²) < 4.78 is 26.1. The second-order valence-electron chi connectivity index (χ2n) is 3.79. The maximum Gasteiger partial charge on any atom is 0.150 e. The van der Waals surface area contributed by atoms with Gasteiger partial charge < -0.3 is 0 Å². The molecule has 0 atom stereocenters. The Morgan fingerprint density at radius 2 is 1.67 bits per heavy atom. The fourth-order valence-corrected chi connectivity index (χ4v) is 1.56. The van der Waals surface area contributed by atoms with E-state index in [1.165, 1.54) is 12.1 Å². The van der Waals surface area contributed by atoms with Crippen LogP contribution in [0.1, 0.15) is 21.5 Å². The van der Waals surface area contributed by atoms with Crippen LogP contribution in [0.15, 0.2) is 42.5 Å². The molecule has 0 spiro atoms. The van der Waals surface area contributed by atoms with E-state index in [1.807, 2.05) is 0 Å². The zero-order valence-corrected chi connectivity index (χ0v) is 9.44. The second-order valence-corrected chi connectivity index (χ2v) is 3.79. The molecule has 0 unspecified atom stereocenters. The molecule has 0 aliphatic rings. The topological polar surface area (TPSA) is 17.1 Å². The van der Waals surface area contributed by atoms with Crippen molar-refractivity contribution in [3.05, 3.63) is 70.8 Å². The molecule has 0 radical (unpaired) electrons. The summed E-state index contributed by atoms with van der Waals surface area (Å²) in [7, 11) is 0. The van der Waals surface area contributed by atoms with Crippen molar-refractivity contribution in [3.8, 4) is 0 Å². The first kappa shape index (κ1) is 12.2. The standard InChI is InChI=1S/C15H10F2O/c16-14-7-6-13(15(17)9-14)5-4-11-2-1-3-12(8-11)10-18/h1-10H/b5-4+. The van der Waals surface area contributed by atoms with E-state index in [0.717, 1.165) is 17.9 Å². The highest BCUT2D eigenvalue weighted by Gasteiger charge is 2.00. The molecule has 18 heavy (non-hydrogen) atoms. The van der Waals surface area contributed by atoms with Gasteiger partial charge >= 0.3 is 0 Å². The summed E-state index contributed by atoms with van der Waals surface area (Å²) in [5.74, 6) is -1.22. The highest BCUT2D eigenvalue weighted by Crippen LogP contribution is 2.14. The number of carbonyl (C=O) groups is 1. The summed E-state index contributed by atoms with van der Waals surface area (Å²) in [4.78, 5) is 10.6. The van der Waals surface area contributed by atoms with Crippen LogP contribution < -0.4 is 0 Å². The first-order valence-corrected chi connectivity index (χ1v) is 5.37. The van der Waals surface area contributed by atoms with Crippen LogP contribution in [0.5, 0.6) is 0 Å². The highest BCUT2D eigenvalue weighted by atomic mass is 19.1. The van der Waals surface area contributed by atoms with Crippen molar-refractivity contribution in [2.24, 2.45) is 0 Å². The number of aldehydes is 1. The van der Waals surface area contributed by atoms with Crippen LogP contribution in [0.4, 0.5) is 8.78 Å². The highest BCUT2D eigenvalue weighted by molar-refractivity contribution is 5.78. The molecular weight excluding hydrogens is 234 g/mol. The Kier molecular flexibility index (Phi) is 3.63. The number of carbonyl (C=O) groups excluding carboxylic acids is 1. The van der Waals surface area contributed by atoms with Gasteiger partial charge in [0.05, 0.1) is 0 Å². The Labute approximate surface area is 103 Å². The number of rotatable bonds is 3. The SMILES string of the molecule is O=Cc1cccc(/C=C/c2ccc(F)cc2F)c1. The summed E-state index contributed by atoms with van der Waals surface area (Å²) >= 11 is 0. The number of hydrogen-bond acceptors (Lipinski definition) is 1. The minimum absolute atomic E-state index is 0.299. The van der Waals surface area contributed by atoms with Crippen LogP contribution in [0, 0.1) is 11.6 Å². The first-order valence-electron chi connectivity index (χ1n) is 5.37. The van der Waals surface area contributed by atoms with E-state index in [1.54, 1.807) is 36.4 Å². The quantitative estimate of drug-likeness (QED) is 0.590. The summed E-state index contributed by atoms with van der Waals surface area (Å²) in [5, 5.41) is 0. The molecule has 0 amide bonds. The van der Waals surface area contributed by atoms with E-state index in [0.29, 0.717) is 11.1 Å². The lowest BCUT2D eigenvalue weighted by atomic mass is 10.1. The normalized spacial score (nSPS) is 10.8. The lowest BCUT2D eigenvalue weighted by molar-refractivity contribution is 0.112. The molecule has 0 fully saturated rings. The average molecular weight is 244 g/mol. The molecule has 0 aromatic heterocycles. The fourth-order valence-electron chi connectivity index (χ4n) is 1.56. The van der Waals surface area contributed by atoms with Crippen LogP contribution in [0.25, 0.3) is 12.2 Å². The Morgan fingerprint density at radius 1 is 0.889 bits per heavy atom. The third kappa shape index (κ3) is 2.88. The van der Waals surface area contributed by atoms with E-state index in [4.69, 9.17) is 0 Å². The third-order valence-electron chi connectivity index (χ3n) is 2.46. The maximum atomic E-state index is 13.4. The summed E-state index contributed by atoms with van der Waals surface area (Å²) in [6.07, 6.45) is 3.96. The Morgan fingerprint density at radius 3 is 2.39 bits per heavy atom. The van der Waals surface area contributed by atoms with Crippen molar-refractivity contribution in [2.75, 3.05) is 0 Å². The molecule has 0 saturated carbocycles. The van der Waals surface area contributed by atoms with Crippen molar-refractivity contribution < 1.29 is 13.6 Å². The van der Waals surface area contributed by atoms with Gasteiger partial charge in [0.15, 0.2) is 0 Å². The van der Waals surface area contributed by atoms with E-state index >= 15 is 0 Å². The first-order chi connectivity index (χ1) is 8.69. The molecule has 2 aromatic carbocycles. The van der Waals surface area contributed by atoms with Gasteiger partial charge in [0.1, 0.15) is 17.9 Å². The monoisotopic (exact) mass is 244 g/mol. The van der Waals surface area contributed by atoms with Gasteiger partial charge in [0.2, 0.25) is 0 Å². The zero-order chi connectivity index (χ0) is 13.0. The second kappa shape index (κ2) is 5.36. The molecule has 2 rings (SSSR count). The van der Waals surface area contributed by atoms with E-state index in [-0.39, 0.29) is 0 Å². The van der Waals surface area contributed by atoms with Gasteiger partial charge in [-0.1, -0.05) is 30.4 Å². The van der Waals surface area contributed by atoms with Crippen molar-refractivity contribution >= 4 is 18.4 Å². The van der Waals surface area contributed by atoms with Gasteiger partial charge in [-0.15, -0.1) is 0 Å². The number of hydrogen-bond donors (Lipinski definition) is 0. The van der Waals surface area contributed by atoms with Crippen molar-refractivity contribution in [3.63, 3.8) is 0 Å². The van der Waals surface area contributed by atoms with Crippen molar-refractivity contribution in [1.82, 2.24) is 0 Å². The molecule has 0 N–H and O–H groups in total. The number of halogens is 2. The Hall–Kier alpha value is -2.29. The van der Waals surface area contributed by atoms with Gasteiger partial charge in [-0.2, -0.15) is 0 Å². The lowest BCUT2D eigenvalue weighted by Crippen LogP contribution is -1.84. The smallest absolute Gasteiger partial charge is 0.150 e. The molecule has 0 bridgehead atoms. The maximum absolute atomic E-state index is 13.4. The van der Waals surface area contributed by atoms with Gasteiger partial charge in [0, 0.05) is 17.2 Å². The predicted molar refractivity (Wildman–Crippen MR) is 67.1 cm³/mol. The van der Waals surface area contributed by atoms with Crippen molar-refractivity contribution in [2.45, 2.75) is 0 Å². The molecule has 0 heterocycles. The lowest BCUT2D eigenvalue weighted by Gasteiger charge is -1.98. The van der Waals surface area contributed by atoms with Crippen LogP contribution >= 0.6 is 0 Å². The minimum atomic E-state index is -0.613. The third-order valence-corrected chi connectivity index (χ3v) is 2.46. The zero-order valence-electron chi connectivity index (χ0n) is 9.44. The van der Waals surface area contributed by atoms with Gasteiger partial charge in [0.25, 0.3) is 0 Å². The van der Waals surface area contributed by atoms with Gasteiger partial charge in [-0.3, -0.25) is 4.79 Å². The molecule has 0 saturated heterocycles. The molecule has 90 valence electrons. The average Bonchev–Trinajstić information content (AvgIpc) is 2.38. The largest absolute Gasteiger partial charge is 0.298 e. The molecule has 1 nitrogen and oxygen atoms in total. The fraction of sp³-hybridized carbons (Fsp3) is 0. The van der Waals surface area contributed by atoms with E-state index < -0.39 is 11.6 Å². The summed E-state index contributed by atoms with van der Waals surface area (Å²) in [6.45, 7) is 0. The molecular formula is C15H10F2O. The van der Waals surface area contributed by atoms with Crippen LogP contribution in [-0.2, 0) is 0 Å². The Bertz CT molecular complexity index is 603. The van der Waals surface area contributed by atoms with Crippen molar-refractivity contribution in [1.29, 1.82) is 0 Å². The number of benzene rings is 2. The van der Waals surface area contributed by atoms with Crippen LogP contribution in [0.2, 0.25) is 0 Å². The molecule has 0 aliphatic heterocycles. The molecule has 0 aliphatic carbocycles. The van der Waals surface area contributed by atoms with E-state index in [2.05, 4.69) is 0 Å². The van der Waals surface area contributed by atoms with Crippen LogP contribution in [-0.4, -0.2) is 6.29 Å². The van der Waals surface area contributed by atoms with Crippen LogP contribution in [0.3, 0.4) is 0 Å². The van der Waals surface area contributed by atoms with Gasteiger partial charge in [-0.05, 0) is 23.8 Å². The summed E-state index contributed by atoms with van der Waals surface area (Å²) in [6, 6.07) is 10.3. The minimum Gasteiger partial charge on any atom is -0.298 e.